The lowest BCUT2D eigenvalue weighted by Gasteiger charge is -2.38. The van der Waals surface area contributed by atoms with Crippen molar-refractivity contribution in [3.05, 3.63) is 41.8 Å². The number of carbonyl (C=O) groups excluding carboxylic acids is 2. The third-order valence-electron chi connectivity index (χ3n) is 7.61. The Balaban J connectivity index is 1.32. The standard InChI is InChI=1S/C25H31FN4O2/c26-19-7-4-17(5-8-19)23-21(14-27-29-23)24(32)30-15-18(6-11-22(31)28-20-9-10-20)25(16-30)12-2-1-3-13-25/h4-5,7-8,14,18,20H,1-3,6,9-13,15-16H2,(H,27,29)(H,28,31). The van der Waals surface area contributed by atoms with Gasteiger partial charge in [-0.3, -0.25) is 14.7 Å². The maximum Gasteiger partial charge on any atom is 0.257 e. The van der Waals surface area contributed by atoms with Gasteiger partial charge in [0.05, 0.1) is 17.5 Å². The van der Waals surface area contributed by atoms with Crippen LogP contribution in [0.2, 0.25) is 0 Å². The first-order chi connectivity index (χ1) is 15.5. The molecule has 1 aliphatic heterocycles. The van der Waals surface area contributed by atoms with E-state index >= 15 is 0 Å². The molecule has 1 aromatic heterocycles. The van der Waals surface area contributed by atoms with E-state index in [-0.39, 0.29) is 23.0 Å². The third kappa shape index (κ3) is 4.30. The highest BCUT2D eigenvalue weighted by molar-refractivity contribution is 6.00. The number of aromatic nitrogens is 2. The van der Waals surface area contributed by atoms with Crippen LogP contribution in [-0.2, 0) is 4.79 Å². The number of carbonyl (C=O) groups is 2. The predicted molar refractivity (Wildman–Crippen MR) is 119 cm³/mol. The number of nitrogens with one attached hydrogen (secondary N) is 2. The minimum Gasteiger partial charge on any atom is -0.353 e. The lowest BCUT2D eigenvalue weighted by atomic mass is 9.66. The monoisotopic (exact) mass is 438 g/mol. The van der Waals surface area contributed by atoms with Gasteiger partial charge < -0.3 is 10.2 Å². The van der Waals surface area contributed by atoms with Crippen molar-refractivity contribution < 1.29 is 14.0 Å². The Morgan fingerprint density at radius 1 is 1.16 bits per heavy atom. The Hall–Kier alpha value is -2.70. The molecule has 1 spiro atoms. The van der Waals surface area contributed by atoms with Crippen LogP contribution in [0.3, 0.4) is 0 Å². The number of hydrogen-bond donors (Lipinski definition) is 2. The Morgan fingerprint density at radius 3 is 2.62 bits per heavy atom. The van der Waals surface area contributed by atoms with Gasteiger partial charge in [-0.2, -0.15) is 5.10 Å². The number of amides is 2. The fraction of sp³-hybridized carbons (Fsp3) is 0.560. The van der Waals surface area contributed by atoms with Crippen LogP contribution in [0.15, 0.2) is 30.5 Å². The van der Waals surface area contributed by atoms with Gasteiger partial charge in [0.25, 0.3) is 5.91 Å². The summed E-state index contributed by atoms with van der Waals surface area (Å²) >= 11 is 0. The molecule has 2 N–H and O–H groups in total. The number of halogens is 1. The third-order valence-corrected chi connectivity index (χ3v) is 7.61. The van der Waals surface area contributed by atoms with E-state index in [1.165, 1.54) is 31.4 Å². The maximum absolute atomic E-state index is 13.5. The SMILES string of the molecule is O=C(CCC1CN(C(=O)c2cn[nH]c2-c2ccc(F)cc2)CC12CCCCC2)NC1CC1. The maximum atomic E-state index is 13.5. The van der Waals surface area contributed by atoms with E-state index in [2.05, 4.69) is 15.5 Å². The van der Waals surface area contributed by atoms with Crippen molar-refractivity contribution in [2.75, 3.05) is 13.1 Å². The molecular weight excluding hydrogens is 407 g/mol. The zero-order valence-electron chi connectivity index (χ0n) is 18.4. The van der Waals surface area contributed by atoms with E-state index in [0.29, 0.717) is 36.2 Å². The van der Waals surface area contributed by atoms with Crippen LogP contribution in [0.1, 0.15) is 68.1 Å². The molecular formula is C25H31FN4O2. The summed E-state index contributed by atoms with van der Waals surface area (Å²) in [5, 5.41) is 10.1. The van der Waals surface area contributed by atoms with Crippen LogP contribution in [0.4, 0.5) is 4.39 Å². The lowest BCUT2D eigenvalue weighted by molar-refractivity contribution is -0.121. The van der Waals surface area contributed by atoms with Gasteiger partial charge in [-0.15, -0.1) is 0 Å². The summed E-state index contributed by atoms with van der Waals surface area (Å²) in [6.45, 7) is 1.43. The van der Waals surface area contributed by atoms with E-state index in [0.717, 1.165) is 44.2 Å². The topological polar surface area (TPSA) is 78.1 Å². The molecule has 1 saturated heterocycles. The lowest BCUT2D eigenvalue weighted by Crippen LogP contribution is -2.35. The van der Waals surface area contributed by atoms with Gasteiger partial charge in [-0.25, -0.2) is 4.39 Å². The van der Waals surface area contributed by atoms with Crippen molar-refractivity contribution in [3.63, 3.8) is 0 Å². The molecule has 1 aromatic carbocycles. The van der Waals surface area contributed by atoms with Gasteiger partial charge in [0, 0.05) is 31.1 Å². The zero-order valence-corrected chi connectivity index (χ0v) is 18.4. The minimum absolute atomic E-state index is 0.0343. The van der Waals surface area contributed by atoms with E-state index in [4.69, 9.17) is 0 Å². The second-order valence-corrected chi connectivity index (χ2v) is 9.85. The normalized spacial score (nSPS) is 22.3. The average Bonchev–Trinajstić information content (AvgIpc) is 3.35. The quantitative estimate of drug-likeness (QED) is 0.706. The zero-order chi connectivity index (χ0) is 22.1. The smallest absolute Gasteiger partial charge is 0.257 e. The molecule has 6 nitrogen and oxygen atoms in total. The molecule has 0 bridgehead atoms. The molecule has 2 heterocycles. The molecule has 2 saturated carbocycles. The second-order valence-electron chi connectivity index (χ2n) is 9.85. The molecule has 1 unspecified atom stereocenters. The number of likely N-dealkylation sites (tertiary alicyclic amines) is 1. The van der Waals surface area contributed by atoms with Gasteiger partial charge in [-0.05, 0) is 67.7 Å². The molecule has 170 valence electrons. The van der Waals surface area contributed by atoms with E-state index in [9.17, 15) is 14.0 Å². The molecule has 5 rings (SSSR count). The first-order valence-corrected chi connectivity index (χ1v) is 11.9. The average molecular weight is 439 g/mol. The molecule has 7 heteroatoms. The largest absolute Gasteiger partial charge is 0.353 e. The van der Waals surface area contributed by atoms with Crippen molar-refractivity contribution in [2.45, 2.75) is 63.8 Å². The van der Waals surface area contributed by atoms with E-state index in [1.54, 1.807) is 18.3 Å². The molecule has 3 fully saturated rings. The van der Waals surface area contributed by atoms with Gasteiger partial charge in [0.1, 0.15) is 5.82 Å². The minimum atomic E-state index is -0.312. The summed E-state index contributed by atoms with van der Waals surface area (Å²) in [4.78, 5) is 27.8. The highest BCUT2D eigenvalue weighted by Crippen LogP contribution is 2.49. The van der Waals surface area contributed by atoms with Crippen LogP contribution >= 0.6 is 0 Å². The molecule has 0 radical (unpaired) electrons. The number of rotatable bonds is 6. The van der Waals surface area contributed by atoms with E-state index in [1.807, 2.05) is 4.90 Å². The molecule has 2 aromatic rings. The van der Waals surface area contributed by atoms with Gasteiger partial charge in [0.2, 0.25) is 5.91 Å². The van der Waals surface area contributed by atoms with Crippen LogP contribution in [0.5, 0.6) is 0 Å². The molecule has 32 heavy (non-hydrogen) atoms. The number of H-pyrrole nitrogens is 1. The second kappa shape index (κ2) is 8.68. The molecule has 3 aliphatic rings. The van der Waals surface area contributed by atoms with Gasteiger partial charge in [0.15, 0.2) is 0 Å². The van der Waals surface area contributed by atoms with Crippen molar-refractivity contribution in [1.29, 1.82) is 0 Å². The highest BCUT2D eigenvalue weighted by Gasteiger charge is 2.48. The number of nitrogens with zero attached hydrogens (tertiary/aromatic N) is 2. The van der Waals surface area contributed by atoms with E-state index < -0.39 is 0 Å². The summed E-state index contributed by atoms with van der Waals surface area (Å²) in [6, 6.07) is 6.49. The van der Waals surface area contributed by atoms with Crippen LogP contribution in [0.25, 0.3) is 11.3 Å². The van der Waals surface area contributed by atoms with Gasteiger partial charge in [-0.1, -0.05) is 19.3 Å². The molecule has 2 aliphatic carbocycles. The first kappa shape index (κ1) is 21.2. The predicted octanol–water partition coefficient (Wildman–Crippen LogP) is 4.30. The van der Waals surface area contributed by atoms with Crippen LogP contribution < -0.4 is 5.32 Å². The Labute approximate surface area is 188 Å². The Kier molecular flexibility index (Phi) is 5.74. The van der Waals surface area contributed by atoms with Crippen molar-refractivity contribution in [3.8, 4) is 11.3 Å². The Bertz CT molecular complexity index is 976. The summed E-state index contributed by atoms with van der Waals surface area (Å²) in [5.74, 6) is 0.149. The van der Waals surface area contributed by atoms with Crippen LogP contribution in [0, 0.1) is 17.2 Å². The first-order valence-electron chi connectivity index (χ1n) is 11.9. The van der Waals surface area contributed by atoms with Gasteiger partial charge >= 0.3 is 0 Å². The van der Waals surface area contributed by atoms with Crippen LogP contribution in [-0.4, -0.2) is 46.0 Å². The summed E-state index contributed by atoms with van der Waals surface area (Å²) < 4.78 is 13.4. The number of hydrogen-bond acceptors (Lipinski definition) is 3. The fourth-order valence-corrected chi connectivity index (χ4v) is 5.70. The van der Waals surface area contributed by atoms with Crippen molar-refractivity contribution in [1.82, 2.24) is 20.4 Å². The number of benzene rings is 1. The highest BCUT2D eigenvalue weighted by atomic mass is 19.1. The Morgan fingerprint density at radius 2 is 1.91 bits per heavy atom. The summed E-state index contributed by atoms with van der Waals surface area (Å²) in [6.07, 6.45) is 11.0. The fourth-order valence-electron chi connectivity index (χ4n) is 5.70. The molecule has 1 atom stereocenters. The summed E-state index contributed by atoms with van der Waals surface area (Å²) in [7, 11) is 0. The van der Waals surface area contributed by atoms with Crippen molar-refractivity contribution >= 4 is 11.8 Å². The molecule has 2 amide bonds. The number of aromatic amines is 1. The summed E-state index contributed by atoms with van der Waals surface area (Å²) in [5.41, 5.74) is 2.01. The van der Waals surface area contributed by atoms with Crippen molar-refractivity contribution in [2.24, 2.45) is 11.3 Å².